The van der Waals surface area contributed by atoms with Gasteiger partial charge in [0, 0.05) is 111 Å². The summed E-state index contributed by atoms with van der Waals surface area (Å²) in [7, 11) is 1.61. The van der Waals surface area contributed by atoms with Crippen LogP contribution in [0.5, 0.6) is 0 Å². The number of aliphatic hydroxyl groups excluding tert-OH is 9. The molecule has 3 aliphatic rings. The van der Waals surface area contributed by atoms with Gasteiger partial charge in [-0.15, -0.1) is 0 Å². The minimum absolute atomic E-state index is 0.0140. The number of hydrogen-bond donors (Lipinski definition) is 14. The summed E-state index contributed by atoms with van der Waals surface area (Å²) in [6, 6.07) is -3.32. The van der Waals surface area contributed by atoms with Gasteiger partial charge in [0.1, 0.15) is 90.4 Å². The number of aliphatic hydroxyl groups is 9. The fourth-order valence-corrected chi connectivity index (χ4v) is 11.2. The summed E-state index contributed by atoms with van der Waals surface area (Å²) in [6.45, 7) is 3.94. The largest absolute Gasteiger partial charge is 0.394 e. The van der Waals surface area contributed by atoms with E-state index in [2.05, 4.69) is 26.6 Å². The number of rotatable bonds is 58. The van der Waals surface area contributed by atoms with Crippen LogP contribution in [-0.2, 0) is 99.9 Å². The van der Waals surface area contributed by atoms with Crippen molar-refractivity contribution >= 4 is 46.9 Å². The molecule has 0 spiro atoms. The van der Waals surface area contributed by atoms with E-state index in [1.165, 1.54) is 20.8 Å². The standard InChI is InChI=1S/C65H115N5O30/c1-42(74)67-53-59(85)56(82)48(39-71)98-62(53)95-36-33-92-30-27-89-24-9-13-46(78)16-19-65(70-52(81)15-8-12-45(77)11-6-5-7-23-88-4,20-17-47(79)14-10-25-90-28-31-93-34-37-96-63-54(68-43(2)75)60(86)57(83)49(40-72)99-63)21-18-51(80)66-22-26-91-29-32-94-35-38-97-64-55(69-44(3)76)61(87)58(84)50(41-73)100-64/h48-50,53-64,71-73,82-87H,5-41H2,1-4H3,(H,66,80)(H,67,74)(H,68,75)(H,69,76)(H,70,81). The van der Waals surface area contributed by atoms with Crippen molar-refractivity contribution in [2.24, 2.45) is 0 Å². The lowest BCUT2D eigenvalue weighted by atomic mass is 9.81. The van der Waals surface area contributed by atoms with Crippen LogP contribution in [0, 0.1) is 0 Å². The van der Waals surface area contributed by atoms with E-state index in [0.29, 0.717) is 32.3 Å². The number of Topliss-reactive ketones (excluding diaryl/α,β-unsaturated/α-hetero) is 3. The SMILES string of the molecule is COCCCCCC(=O)CCCC(=O)NC(CCC(=O)CCCOCCOCCOC1OC(CO)C(O)C(O)C1NC(C)=O)(CCC(=O)CCCOCCOCCOC1OC(CO)C(O)C(O)C1NC(C)=O)CCC(=O)NCCOCCOCCOC1OC(CO)C(O)C(O)C1NC(C)=O. The lowest BCUT2D eigenvalue weighted by molar-refractivity contribution is -0.272. The van der Waals surface area contributed by atoms with E-state index >= 15 is 0 Å². The highest BCUT2D eigenvalue weighted by Crippen LogP contribution is 2.29. The second-order valence-electron chi connectivity index (χ2n) is 24.7. The second kappa shape index (κ2) is 52.4. The highest BCUT2D eigenvalue weighted by atomic mass is 16.7. The molecule has 0 aromatic heterocycles. The maximum atomic E-state index is 13.9. The van der Waals surface area contributed by atoms with E-state index < -0.39 is 147 Å². The minimum Gasteiger partial charge on any atom is -0.394 e. The number of ether oxygens (including phenoxy) is 13. The van der Waals surface area contributed by atoms with Crippen molar-refractivity contribution in [1.29, 1.82) is 0 Å². The highest BCUT2D eigenvalue weighted by Gasteiger charge is 2.48. The molecule has 35 nitrogen and oxygen atoms in total. The molecular weight excluding hydrogens is 1330 g/mol. The van der Waals surface area contributed by atoms with Crippen LogP contribution in [-0.4, -0.2) is 329 Å². The van der Waals surface area contributed by atoms with Crippen molar-refractivity contribution in [1.82, 2.24) is 26.6 Å². The Morgan fingerprint density at radius 3 is 1.08 bits per heavy atom. The monoisotopic (exact) mass is 1450 g/mol. The minimum atomic E-state index is -1.47. The Labute approximate surface area is 584 Å². The molecule has 580 valence electrons. The van der Waals surface area contributed by atoms with E-state index in [1.807, 2.05) is 0 Å². The molecule has 0 aromatic carbocycles. The molecule has 35 heteroatoms. The predicted octanol–water partition coefficient (Wildman–Crippen LogP) is -4.08. The average Bonchev–Trinajstić information content (AvgIpc) is 0.834. The number of carbonyl (C=O) groups is 8. The maximum absolute atomic E-state index is 13.9. The van der Waals surface area contributed by atoms with E-state index in [-0.39, 0.29) is 194 Å². The summed E-state index contributed by atoms with van der Waals surface area (Å²) >= 11 is 0. The molecule has 0 bridgehead atoms. The summed E-state index contributed by atoms with van der Waals surface area (Å²) in [5.74, 6) is -2.61. The van der Waals surface area contributed by atoms with Crippen molar-refractivity contribution < 1.29 is 146 Å². The van der Waals surface area contributed by atoms with Crippen molar-refractivity contribution in [2.75, 3.05) is 139 Å². The first kappa shape index (κ1) is 89.7. The lowest BCUT2D eigenvalue weighted by Gasteiger charge is -2.42. The molecule has 3 heterocycles. The zero-order valence-corrected chi connectivity index (χ0v) is 58.4. The Hall–Kier alpha value is -4.52. The molecule has 14 N–H and O–H groups in total. The lowest BCUT2D eigenvalue weighted by Crippen LogP contribution is -2.64. The van der Waals surface area contributed by atoms with Crippen LogP contribution in [0.25, 0.3) is 0 Å². The summed E-state index contributed by atoms with van der Waals surface area (Å²) in [5.41, 5.74) is -1.22. The summed E-state index contributed by atoms with van der Waals surface area (Å²) in [5, 5.41) is 104. The zero-order chi connectivity index (χ0) is 73.7. The van der Waals surface area contributed by atoms with Gasteiger partial charge in [-0.3, -0.25) is 38.4 Å². The summed E-state index contributed by atoms with van der Waals surface area (Å²) < 4.78 is 72.5. The van der Waals surface area contributed by atoms with Gasteiger partial charge in [-0.05, 0) is 51.4 Å². The van der Waals surface area contributed by atoms with E-state index in [9.17, 15) is 84.3 Å². The van der Waals surface area contributed by atoms with Gasteiger partial charge >= 0.3 is 0 Å². The van der Waals surface area contributed by atoms with Gasteiger partial charge in [-0.1, -0.05) is 6.42 Å². The normalized spacial score (nSPS) is 25.9. The van der Waals surface area contributed by atoms with Gasteiger partial charge in [-0.2, -0.15) is 0 Å². The highest BCUT2D eigenvalue weighted by molar-refractivity contribution is 5.82. The van der Waals surface area contributed by atoms with Crippen LogP contribution in [0.2, 0.25) is 0 Å². The molecular formula is C65H115N5O30. The van der Waals surface area contributed by atoms with Crippen molar-refractivity contribution in [3.05, 3.63) is 0 Å². The first-order chi connectivity index (χ1) is 48.0. The second-order valence-corrected chi connectivity index (χ2v) is 24.7. The zero-order valence-electron chi connectivity index (χ0n) is 58.4. The van der Waals surface area contributed by atoms with Gasteiger partial charge in [0.15, 0.2) is 18.9 Å². The molecule has 5 amide bonds. The van der Waals surface area contributed by atoms with Crippen LogP contribution in [0.4, 0.5) is 0 Å². The molecule has 0 radical (unpaired) electrons. The Balaban J connectivity index is 1.58. The van der Waals surface area contributed by atoms with Crippen LogP contribution in [0.1, 0.15) is 130 Å². The smallest absolute Gasteiger partial charge is 0.220 e. The molecule has 3 saturated heterocycles. The van der Waals surface area contributed by atoms with E-state index in [1.54, 1.807) is 7.11 Å². The third-order valence-electron chi connectivity index (χ3n) is 16.6. The van der Waals surface area contributed by atoms with Crippen molar-refractivity contribution in [3.8, 4) is 0 Å². The van der Waals surface area contributed by atoms with E-state index in [0.717, 1.165) is 12.8 Å². The fraction of sp³-hybridized carbons (Fsp3) is 0.877. The number of carbonyl (C=O) groups excluding carboxylic acids is 8. The number of nitrogens with one attached hydrogen (secondary N) is 5. The summed E-state index contributed by atoms with van der Waals surface area (Å²) in [4.78, 5) is 103. The third kappa shape index (κ3) is 36.3. The molecule has 3 aliphatic heterocycles. The Morgan fingerprint density at radius 2 is 0.700 bits per heavy atom. The number of unbranched alkanes of at least 4 members (excludes halogenated alkanes) is 2. The Kier molecular flexibility index (Phi) is 47.0. The molecule has 0 aliphatic carbocycles. The van der Waals surface area contributed by atoms with Gasteiger partial charge in [0.05, 0.1) is 106 Å². The van der Waals surface area contributed by atoms with Crippen LogP contribution >= 0.6 is 0 Å². The number of ketones is 3. The molecule has 0 saturated carbocycles. The Morgan fingerprint density at radius 1 is 0.360 bits per heavy atom. The van der Waals surface area contributed by atoms with Crippen molar-refractivity contribution in [3.63, 3.8) is 0 Å². The quantitative estimate of drug-likeness (QED) is 0.0258. The molecule has 3 rings (SSSR count). The van der Waals surface area contributed by atoms with Crippen LogP contribution < -0.4 is 26.6 Å². The van der Waals surface area contributed by atoms with Crippen LogP contribution in [0.15, 0.2) is 0 Å². The van der Waals surface area contributed by atoms with E-state index in [4.69, 9.17) is 61.6 Å². The summed E-state index contributed by atoms with van der Waals surface area (Å²) in [6.07, 6.45) is -11.8. The number of methoxy groups -OCH3 is 1. The number of amides is 5. The van der Waals surface area contributed by atoms with Gasteiger partial charge in [0.25, 0.3) is 0 Å². The molecule has 15 atom stereocenters. The van der Waals surface area contributed by atoms with Gasteiger partial charge < -0.3 is 134 Å². The molecule has 0 aromatic rings. The average molecular weight is 1450 g/mol. The molecule has 15 unspecified atom stereocenters. The van der Waals surface area contributed by atoms with Crippen molar-refractivity contribution in [2.45, 2.75) is 227 Å². The first-order valence-electron chi connectivity index (χ1n) is 34.6. The first-order valence-corrected chi connectivity index (χ1v) is 34.6. The third-order valence-corrected chi connectivity index (χ3v) is 16.6. The number of hydrogen-bond acceptors (Lipinski definition) is 30. The Bertz CT molecular complexity index is 2110. The van der Waals surface area contributed by atoms with Crippen LogP contribution in [0.3, 0.4) is 0 Å². The van der Waals surface area contributed by atoms with Gasteiger partial charge in [0.2, 0.25) is 29.5 Å². The molecule has 3 fully saturated rings. The topological polar surface area (TPSA) is 499 Å². The fourth-order valence-electron chi connectivity index (χ4n) is 11.2. The maximum Gasteiger partial charge on any atom is 0.220 e. The molecule has 100 heavy (non-hydrogen) atoms. The predicted molar refractivity (Wildman–Crippen MR) is 348 cm³/mol. The van der Waals surface area contributed by atoms with Gasteiger partial charge in [-0.25, -0.2) is 0 Å².